The van der Waals surface area contributed by atoms with Crippen molar-refractivity contribution in [1.29, 1.82) is 5.26 Å². The van der Waals surface area contributed by atoms with Crippen LogP contribution in [-0.2, 0) is 4.79 Å². The lowest BCUT2D eigenvalue weighted by Crippen LogP contribution is -2.35. The average molecular weight is 287 g/mol. The van der Waals surface area contributed by atoms with Crippen LogP contribution >= 0.6 is 0 Å². The highest BCUT2D eigenvalue weighted by Crippen LogP contribution is 2.34. The third-order valence-corrected chi connectivity index (χ3v) is 3.72. The Balaban J connectivity index is 2.38. The molecular formula is C16H21N3O2. The van der Waals surface area contributed by atoms with Crippen LogP contribution in [0.2, 0.25) is 0 Å². The number of nitriles is 1. The molecule has 0 aromatic heterocycles. The maximum atomic E-state index is 12.1. The zero-order chi connectivity index (χ0) is 15.6. The van der Waals surface area contributed by atoms with Crippen molar-refractivity contribution in [3.8, 4) is 11.8 Å². The number of benzene rings is 1. The van der Waals surface area contributed by atoms with Crippen LogP contribution in [0.25, 0.3) is 0 Å². The number of nitrogens with zero attached hydrogens (tertiary/aromatic N) is 2. The van der Waals surface area contributed by atoms with Crippen LogP contribution < -0.4 is 10.5 Å². The number of ether oxygens (including phenoxy) is 1. The quantitative estimate of drug-likeness (QED) is 0.916. The van der Waals surface area contributed by atoms with Gasteiger partial charge in [-0.1, -0.05) is 19.9 Å². The zero-order valence-electron chi connectivity index (χ0n) is 12.7. The Kier molecular flexibility index (Phi) is 4.49. The highest BCUT2D eigenvalue weighted by atomic mass is 16.5. The smallest absolute Gasteiger partial charge is 0.224 e. The summed E-state index contributed by atoms with van der Waals surface area (Å²) >= 11 is 0. The van der Waals surface area contributed by atoms with Crippen LogP contribution in [0.5, 0.6) is 5.75 Å². The summed E-state index contributed by atoms with van der Waals surface area (Å²) in [4.78, 5) is 14.0. The van der Waals surface area contributed by atoms with E-state index in [1.807, 2.05) is 11.0 Å². The molecule has 1 amide bonds. The van der Waals surface area contributed by atoms with Gasteiger partial charge in [0.2, 0.25) is 5.91 Å². The lowest BCUT2D eigenvalue weighted by molar-refractivity contribution is -0.129. The largest absolute Gasteiger partial charge is 0.495 e. The molecule has 0 radical (unpaired) electrons. The van der Waals surface area contributed by atoms with Gasteiger partial charge in [-0.3, -0.25) is 4.79 Å². The number of rotatable bonds is 4. The van der Waals surface area contributed by atoms with Gasteiger partial charge in [-0.25, -0.2) is 0 Å². The Hall–Kier alpha value is -2.06. The summed E-state index contributed by atoms with van der Waals surface area (Å²) in [5.74, 6) is 0.987. The average Bonchev–Trinajstić information content (AvgIpc) is 2.72. The van der Waals surface area contributed by atoms with Crippen LogP contribution in [0.15, 0.2) is 18.2 Å². The van der Waals surface area contributed by atoms with E-state index in [0.717, 1.165) is 5.56 Å². The van der Waals surface area contributed by atoms with Crippen molar-refractivity contribution in [1.82, 2.24) is 4.90 Å². The predicted octanol–water partition coefficient (Wildman–Crippen LogP) is 1.82. The molecule has 1 fully saturated rings. The van der Waals surface area contributed by atoms with Crippen molar-refractivity contribution < 1.29 is 9.53 Å². The molecule has 0 saturated carbocycles. The van der Waals surface area contributed by atoms with E-state index in [2.05, 4.69) is 19.9 Å². The number of amides is 1. The Morgan fingerprint density at radius 3 is 2.81 bits per heavy atom. The lowest BCUT2D eigenvalue weighted by Gasteiger charge is -2.29. The molecule has 2 atom stereocenters. The molecule has 0 spiro atoms. The Labute approximate surface area is 125 Å². The number of hydrogen-bond acceptors (Lipinski definition) is 4. The van der Waals surface area contributed by atoms with Gasteiger partial charge in [0.15, 0.2) is 0 Å². The monoisotopic (exact) mass is 287 g/mol. The topological polar surface area (TPSA) is 79.3 Å². The first-order chi connectivity index (χ1) is 9.97. The predicted molar refractivity (Wildman–Crippen MR) is 79.6 cm³/mol. The van der Waals surface area contributed by atoms with Gasteiger partial charge in [-0.15, -0.1) is 0 Å². The lowest BCUT2D eigenvalue weighted by atomic mass is 9.98. The first kappa shape index (κ1) is 15.3. The fourth-order valence-electron chi connectivity index (χ4n) is 2.85. The number of methoxy groups -OCH3 is 1. The number of carbonyl (C=O) groups is 1. The number of nitrogens with two attached hydrogens (primary N) is 1. The first-order valence-electron chi connectivity index (χ1n) is 7.11. The molecule has 2 unspecified atom stereocenters. The maximum Gasteiger partial charge on any atom is 0.224 e. The molecule has 1 saturated heterocycles. The molecule has 0 bridgehead atoms. The summed E-state index contributed by atoms with van der Waals surface area (Å²) in [5, 5.41) is 9.20. The van der Waals surface area contributed by atoms with Crippen molar-refractivity contribution in [2.45, 2.75) is 32.4 Å². The molecule has 2 rings (SSSR count). The summed E-state index contributed by atoms with van der Waals surface area (Å²) in [7, 11) is 1.53. The second-order valence-corrected chi connectivity index (χ2v) is 5.82. The van der Waals surface area contributed by atoms with Crippen LogP contribution in [0, 0.1) is 17.2 Å². The summed E-state index contributed by atoms with van der Waals surface area (Å²) < 4.78 is 5.16. The molecule has 1 aliphatic heterocycles. The fraction of sp³-hybridized carbons (Fsp3) is 0.500. The minimum atomic E-state index is -0.240. The van der Waals surface area contributed by atoms with Crippen molar-refractivity contribution in [3.05, 3.63) is 29.3 Å². The van der Waals surface area contributed by atoms with E-state index in [0.29, 0.717) is 30.2 Å². The van der Waals surface area contributed by atoms with Gasteiger partial charge in [0.25, 0.3) is 0 Å². The molecule has 112 valence electrons. The Bertz CT molecular complexity index is 577. The van der Waals surface area contributed by atoms with E-state index < -0.39 is 0 Å². The van der Waals surface area contributed by atoms with E-state index in [9.17, 15) is 10.1 Å². The van der Waals surface area contributed by atoms with E-state index in [4.69, 9.17) is 10.5 Å². The number of likely N-dealkylation sites (tertiary alicyclic amines) is 1. The minimum Gasteiger partial charge on any atom is -0.495 e. The van der Waals surface area contributed by atoms with Crippen LogP contribution in [-0.4, -0.2) is 30.5 Å². The molecule has 1 heterocycles. The summed E-state index contributed by atoms with van der Waals surface area (Å²) in [6.07, 6.45) is 0.352. The van der Waals surface area contributed by atoms with E-state index in [-0.39, 0.29) is 18.0 Å². The van der Waals surface area contributed by atoms with E-state index in [1.54, 1.807) is 12.1 Å². The molecule has 0 aliphatic carbocycles. The summed E-state index contributed by atoms with van der Waals surface area (Å²) in [6, 6.07) is 7.13. The second-order valence-electron chi connectivity index (χ2n) is 5.82. The van der Waals surface area contributed by atoms with Crippen molar-refractivity contribution in [3.63, 3.8) is 0 Å². The number of carbonyl (C=O) groups excluding carboxylic acids is 1. The van der Waals surface area contributed by atoms with Gasteiger partial charge < -0.3 is 15.4 Å². The second kappa shape index (κ2) is 6.15. The summed E-state index contributed by atoms with van der Waals surface area (Å²) in [5.41, 5.74) is 7.51. The van der Waals surface area contributed by atoms with Gasteiger partial charge in [0.05, 0.1) is 18.7 Å². The normalized spacial score (nSPS) is 21.7. The Morgan fingerprint density at radius 1 is 1.52 bits per heavy atom. The molecule has 1 aliphatic rings. The molecule has 5 nitrogen and oxygen atoms in total. The molecule has 1 aromatic carbocycles. The third kappa shape index (κ3) is 3.01. The third-order valence-electron chi connectivity index (χ3n) is 3.72. The van der Waals surface area contributed by atoms with Gasteiger partial charge >= 0.3 is 0 Å². The van der Waals surface area contributed by atoms with Gasteiger partial charge in [-0.05, 0) is 23.6 Å². The fourth-order valence-corrected chi connectivity index (χ4v) is 2.85. The highest BCUT2D eigenvalue weighted by Gasteiger charge is 2.38. The molecule has 21 heavy (non-hydrogen) atoms. The zero-order valence-corrected chi connectivity index (χ0v) is 12.7. The maximum absolute atomic E-state index is 12.1. The summed E-state index contributed by atoms with van der Waals surface area (Å²) in [6.45, 7) is 4.82. The molecular weight excluding hydrogens is 266 g/mol. The van der Waals surface area contributed by atoms with Gasteiger partial charge in [0.1, 0.15) is 11.8 Å². The van der Waals surface area contributed by atoms with Crippen LogP contribution in [0.4, 0.5) is 0 Å². The van der Waals surface area contributed by atoms with Crippen LogP contribution in [0.1, 0.15) is 37.4 Å². The SMILES string of the molecule is COc1ccc(C2C(N)CC(=O)N2CC(C)C)cc1C#N. The molecule has 2 N–H and O–H groups in total. The highest BCUT2D eigenvalue weighted by molar-refractivity contribution is 5.80. The van der Waals surface area contributed by atoms with E-state index >= 15 is 0 Å². The standard InChI is InChI=1S/C16H21N3O2/c1-10(2)9-19-15(20)7-13(18)16(19)11-4-5-14(21-3)12(6-11)8-17/h4-6,10,13,16H,7,9,18H2,1-3H3. The first-order valence-corrected chi connectivity index (χ1v) is 7.11. The molecule has 1 aromatic rings. The number of hydrogen-bond donors (Lipinski definition) is 1. The molecule has 5 heteroatoms. The van der Waals surface area contributed by atoms with Crippen LogP contribution in [0.3, 0.4) is 0 Å². The van der Waals surface area contributed by atoms with Gasteiger partial charge in [-0.2, -0.15) is 5.26 Å². The van der Waals surface area contributed by atoms with E-state index in [1.165, 1.54) is 7.11 Å². The van der Waals surface area contributed by atoms with Crippen molar-refractivity contribution >= 4 is 5.91 Å². The minimum absolute atomic E-state index is 0.0792. The van der Waals surface area contributed by atoms with Crippen molar-refractivity contribution in [2.75, 3.05) is 13.7 Å². The Morgan fingerprint density at radius 2 is 2.24 bits per heavy atom. The van der Waals surface area contributed by atoms with Gasteiger partial charge in [0, 0.05) is 19.0 Å². The van der Waals surface area contributed by atoms with Crippen molar-refractivity contribution in [2.24, 2.45) is 11.7 Å².